The number of carbonyl (C=O) groups is 1. The Balaban J connectivity index is 2.14. The van der Waals surface area contributed by atoms with E-state index in [2.05, 4.69) is 5.32 Å². The van der Waals surface area contributed by atoms with Gasteiger partial charge in [-0.2, -0.15) is 4.31 Å². The summed E-state index contributed by atoms with van der Waals surface area (Å²) < 4.78 is 57.4. The molecule has 1 fully saturated rings. The molecule has 1 atom stereocenters. The van der Waals surface area contributed by atoms with Crippen LogP contribution in [0.5, 0.6) is 0 Å². The third kappa shape index (κ3) is 4.38. The molecule has 0 spiro atoms. The fourth-order valence-corrected chi connectivity index (χ4v) is 4.01. The second kappa shape index (κ2) is 7.22. The van der Waals surface area contributed by atoms with Crippen LogP contribution in [-0.4, -0.2) is 44.6 Å². The number of carbonyl (C=O) groups excluding carboxylic acids is 1. The van der Waals surface area contributed by atoms with Gasteiger partial charge in [-0.3, -0.25) is 0 Å². The zero-order chi connectivity index (χ0) is 17.0. The first-order chi connectivity index (χ1) is 10.8. The third-order valence-electron chi connectivity index (χ3n) is 3.46. The van der Waals surface area contributed by atoms with Crippen molar-refractivity contribution in [2.24, 2.45) is 0 Å². The number of rotatable bonds is 4. The summed E-state index contributed by atoms with van der Waals surface area (Å²) in [5, 5.41) is 2.58. The highest BCUT2D eigenvalue weighted by Gasteiger charge is 2.31. The number of sulfonamides is 1. The van der Waals surface area contributed by atoms with E-state index in [1.165, 1.54) is 0 Å². The second-order valence-electron chi connectivity index (χ2n) is 5.17. The van der Waals surface area contributed by atoms with Crippen molar-refractivity contribution in [2.45, 2.75) is 30.7 Å². The van der Waals surface area contributed by atoms with Crippen LogP contribution in [0, 0.1) is 11.6 Å². The van der Waals surface area contributed by atoms with E-state index in [9.17, 15) is 22.0 Å². The minimum absolute atomic E-state index is 0.0271. The van der Waals surface area contributed by atoms with Crippen LogP contribution in [0.4, 0.5) is 13.6 Å². The number of hydrogen-bond acceptors (Lipinski definition) is 4. The molecular formula is C14H18F2N2O4S. The zero-order valence-corrected chi connectivity index (χ0v) is 13.4. The van der Waals surface area contributed by atoms with Crippen molar-refractivity contribution in [1.82, 2.24) is 9.62 Å². The minimum atomic E-state index is -4.03. The molecule has 23 heavy (non-hydrogen) atoms. The van der Waals surface area contributed by atoms with E-state index in [1.54, 1.807) is 6.92 Å². The fraction of sp³-hybridized carbons (Fsp3) is 0.500. The lowest BCUT2D eigenvalue weighted by Crippen LogP contribution is -2.49. The van der Waals surface area contributed by atoms with Crippen LogP contribution in [0.2, 0.25) is 0 Å². The molecule has 128 valence electrons. The van der Waals surface area contributed by atoms with Crippen molar-refractivity contribution in [1.29, 1.82) is 0 Å². The van der Waals surface area contributed by atoms with Gasteiger partial charge in [-0.15, -0.1) is 0 Å². The second-order valence-corrected chi connectivity index (χ2v) is 7.11. The number of piperidine rings is 1. The molecule has 1 aliphatic heterocycles. The fourth-order valence-electron chi connectivity index (χ4n) is 2.44. The molecule has 1 N–H and O–H groups in total. The van der Waals surface area contributed by atoms with E-state index < -0.39 is 38.7 Å². The largest absolute Gasteiger partial charge is 0.450 e. The Morgan fingerprint density at radius 2 is 2.00 bits per heavy atom. The van der Waals surface area contributed by atoms with Gasteiger partial charge in [0.05, 0.1) is 11.5 Å². The smallest absolute Gasteiger partial charge is 0.407 e. The highest BCUT2D eigenvalue weighted by Crippen LogP contribution is 2.22. The van der Waals surface area contributed by atoms with Gasteiger partial charge < -0.3 is 10.1 Å². The molecule has 0 radical (unpaired) electrons. The number of amides is 1. The minimum Gasteiger partial charge on any atom is -0.450 e. The third-order valence-corrected chi connectivity index (χ3v) is 5.30. The highest BCUT2D eigenvalue weighted by atomic mass is 32.2. The van der Waals surface area contributed by atoms with Crippen molar-refractivity contribution in [2.75, 3.05) is 19.7 Å². The van der Waals surface area contributed by atoms with E-state index in [0.29, 0.717) is 18.9 Å². The quantitative estimate of drug-likeness (QED) is 0.901. The Bertz CT molecular complexity index is 661. The van der Waals surface area contributed by atoms with E-state index >= 15 is 0 Å². The van der Waals surface area contributed by atoms with Gasteiger partial charge in [0, 0.05) is 25.2 Å². The van der Waals surface area contributed by atoms with Crippen molar-refractivity contribution < 1.29 is 26.7 Å². The molecule has 6 nitrogen and oxygen atoms in total. The molecule has 1 heterocycles. The van der Waals surface area contributed by atoms with Crippen LogP contribution >= 0.6 is 0 Å². The maximum absolute atomic E-state index is 13.3. The normalized spacial score (nSPS) is 19.3. The summed E-state index contributed by atoms with van der Waals surface area (Å²) in [6.45, 7) is 2.12. The van der Waals surface area contributed by atoms with Crippen molar-refractivity contribution in [3.63, 3.8) is 0 Å². The van der Waals surface area contributed by atoms with Crippen molar-refractivity contribution in [3.8, 4) is 0 Å². The molecule has 2 rings (SSSR count). The van der Waals surface area contributed by atoms with E-state index in [-0.39, 0.29) is 19.7 Å². The lowest BCUT2D eigenvalue weighted by atomic mass is 10.1. The molecule has 1 amide bonds. The first-order valence-corrected chi connectivity index (χ1v) is 8.66. The van der Waals surface area contributed by atoms with Gasteiger partial charge >= 0.3 is 6.09 Å². The highest BCUT2D eigenvalue weighted by molar-refractivity contribution is 7.89. The number of ether oxygens (including phenoxy) is 1. The van der Waals surface area contributed by atoms with Gasteiger partial charge in [-0.1, -0.05) is 0 Å². The van der Waals surface area contributed by atoms with Crippen LogP contribution in [-0.2, 0) is 14.8 Å². The summed E-state index contributed by atoms with van der Waals surface area (Å²) >= 11 is 0. The average molecular weight is 348 g/mol. The predicted molar refractivity (Wildman–Crippen MR) is 78.3 cm³/mol. The first-order valence-electron chi connectivity index (χ1n) is 7.22. The summed E-state index contributed by atoms with van der Waals surface area (Å²) in [5.41, 5.74) is 0. The molecule has 0 aromatic heterocycles. The van der Waals surface area contributed by atoms with Gasteiger partial charge in [0.25, 0.3) is 0 Å². The summed E-state index contributed by atoms with van der Waals surface area (Å²) in [7, 11) is -4.03. The molecule has 0 bridgehead atoms. The molecule has 1 aromatic carbocycles. The van der Waals surface area contributed by atoms with Gasteiger partial charge in [0.2, 0.25) is 10.0 Å². The standard InChI is InChI=1S/C14H18F2N2O4S/c1-2-22-14(19)17-12-4-3-5-18(9-12)23(20,21)13-7-10(15)6-11(16)8-13/h6-8,12H,2-5,9H2,1H3,(H,17,19)/t12-/m1/s1. The van der Waals surface area contributed by atoms with Crippen LogP contribution in [0.15, 0.2) is 23.1 Å². The number of nitrogens with one attached hydrogen (secondary N) is 1. The molecule has 1 saturated heterocycles. The molecule has 1 aliphatic rings. The van der Waals surface area contributed by atoms with E-state index in [4.69, 9.17) is 4.74 Å². The van der Waals surface area contributed by atoms with Gasteiger partial charge in [0.15, 0.2) is 0 Å². The molecule has 1 aromatic rings. The molecular weight excluding hydrogens is 330 g/mol. The lowest BCUT2D eigenvalue weighted by molar-refractivity contribution is 0.142. The Morgan fingerprint density at radius 3 is 2.61 bits per heavy atom. The monoisotopic (exact) mass is 348 g/mol. The van der Waals surface area contributed by atoms with Gasteiger partial charge in [-0.25, -0.2) is 22.0 Å². The number of hydrogen-bond donors (Lipinski definition) is 1. The van der Waals surface area contributed by atoms with Crippen molar-refractivity contribution >= 4 is 16.1 Å². The average Bonchev–Trinajstić information content (AvgIpc) is 2.46. The topological polar surface area (TPSA) is 75.7 Å². The van der Waals surface area contributed by atoms with Crippen LogP contribution in [0.25, 0.3) is 0 Å². The number of benzene rings is 1. The summed E-state index contributed by atoms with van der Waals surface area (Å²) in [5.74, 6) is -1.91. The number of halogens is 2. The summed E-state index contributed by atoms with van der Waals surface area (Å²) in [6.07, 6.45) is 0.504. The number of nitrogens with zero attached hydrogens (tertiary/aromatic N) is 1. The van der Waals surface area contributed by atoms with Crippen LogP contribution < -0.4 is 5.32 Å². The van der Waals surface area contributed by atoms with Gasteiger partial charge in [-0.05, 0) is 31.9 Å². The zero-order valence-electron chi connectivity index (χ0n) is 12.6. The Labute approximate surface area is 133 Å². The summed E-state index contributed by atoms with van der Waals surface area (Å²) in [4.78, 5) is 11.0. The van der Waals surface area contributed by atoms with E-state index in [1.807, 2.05) is 0 Å². The Hall–Kier alpha value is -1.74. The number of alkyl carbamates (subject to hydrolysis) is 1. The SMILES string of the molecule is CCOC(=O)N[C@@H]1CCCN(S(=O)(=O)c2cc(F)cc(F)c2)C1. The van der Waals surface area contributed by atoms with E-state index in [0.717, 1.165) is 16.4 Å². The maximum atomic E-state index is 13.3. The molecule has 0 saturated carbocycles. The van der Waals surface area contributed by atoms with Crippen LogP contribution in [0.3, 0.4) is 0 Å². The molecule has 0 unspecified atom stereocenters. The first kappa shape index (κ1) is 17.6. The van der Waals surface area contributed by atoms with Crippen LogP contribution in [0.1, 0.15) is 19.8 Å². The Morgan fingerprint density at radius 1 is 1.35 bits per heavy atom. The predicted octanol–water partition coefficient (Wildman–Crippen LogP) is 1.86. The Kier molecular flexibility index (Phi) is 5.53. The maximum Gasteiger partial charge on any atom is 0.407 e. The summed E-state index contributed by atoms with van der Waals surface area (Å²) in [6, 6.07) is 1.76. The lowest BCUT2D eigenvalue weighted by Gasteiger charge is -2.32. The molecule has 0 aliphatic carbocycles. The van der Waals surface area contributed by atoms with Crippen molar-refractivity contribution in [3.05, 3.63) is 29.8 Å². The van der Waals surface area contributed by atoms with Gasteiger partial charge in [0.1, 0.15) is 11.6 Å². The molecule has 9 heteroatoms.